The van der Waals surface area contributed by atoms with Crippen molar-refractivity contribution in [2.75, 3.05) is 51.4 Å². The normalized spacial score (nSPS) is 9.60. The molecule has 0 fully saturated rings. The maximum Gasteiger partial charge on any atom is 1.00 e. The van der Waals surface area contributed by atoms with Gasteiger partial charge in [-0.2, -0.15) is 41.6 Å². The van der Waals surface area contributed by atoms with Gasteiger partial charge in [0.15, 0.2) is 5.34 Å². The van der Waals surface area contributed by atoms with Crippen LogP contribution in [-0.4, -0.2) is 107 Å². The number of anilines is 2. The number of carbonyl (C=O) groups is 3. The van der Waals surface area contributed by atoms with E-state index in [9.17, 15) is 45.6 Å². The van der Waals surface area contributed by atoms with Crippen molar-refractivity contribution in [3.63, 3.8) is 0 Å². The molecule has 0 bridgehead atoms. The Morgan fingerprint density at radius 2 is 0.983 bits per heavy atom. The Bertz CT molecular complexity index is 5870. The molecule has 0 saturated carbocycles. The zero-order valence-corrected chi connectivity index (χ0v) is 70.1. The van der Waals surface area contributed by atoms with Crippen LogP contribution in [-0.2, 0) is 30.4 Å². The second-order valence-electron chi connectivity index (χ2n) is 24.2. The standard InChI is InChI=1S/C17H12FN3O3.C16H10FN3O2.C14H8FN3O.C14H11FN2O.C8H11NO.C7H3F2N.C5H11NO2.C3H5BrO2.CH4O.B.Na.H/c1-23-17(22)10-21-15-4-3-14(7-12(15)9-20-21)24-16-5-2-13(18)6-11(16)8-19;1-10(21)20-15-4-3-14(7-12(15)9-19-20)22-16-5-2-13(17)6-11(16)8-18;15-11-1-4-14(9(5-11)7-16)19-12-2-3-13-10(6-12)8-17-18-13;1-9-6-12(3-4-13(9)17)18-14-5-2-11(15)7-10(14)8-16;1-6-5-7(10)3-4-8(6)9-2;8-6-1-2-7(9)5(3-6)4-10;1-5(2)3-4-8-6-7;1-6-3(5)2-4;1-2;;;/h2-7,9H,10H2,1H3;2-7,9H,1H3;1-6,8H,(H,17,18);2-7H,17H2,1H3;3-5,9-10H,1-2H3;1-3H;5H,3-4H2,1-2H3;2H2,1H3;2H,1H3;;;/q;;;;;;;;;;+1;-1. The van der Waals surface area contributed by atoms with E-state index in [2.05, 4.69) is 75.1 Å². The molecule has 0 aliphatic rings. The number of methoxy groups -OCH3 is 2. The summed E-state index contributed by atoms with van der Waals surface area (Å²) in [5.41, 5.74) is 11.9. The summed E-state index contributed by atoms with van der Waals surface area (Å²) in [6.07, 6.45) is 5.73. The maximum atomic E-state index is 13.2. The number of aryl methyl sites for hydroxylation is 2. The van der Waals surface area contributed by atoms with Crippen molar-refractivity contribution in [2.24, 2.45) is 11.3 Å². The fourth-order valence-electron chi connectivity index (χ4n) is 9.58. The van der Waals surface area contributed by atoms with E-state index in [0.717, 1.165) is 100 Å². The van der Waals surface area contributed by atoms with Crippen LogP contribution in [0.4, 0.5) is 37.7 Å². The van der Waals surface area contributed by atoms with Crippen molar-refractivity contribution >= 4 is 86.3 Å². The van der Waals surface area contributed by atoms with Gasteiger partial charge in [0.25, 0.3) is 0 Å². The molecule has 0 unspecified atom stereocenters. The summed E-state index contributed by atoms with van der Waals surface area (Å²) in [6.45, 7) is 9.82. The molecule has 617 valence electrons. The molecule has 10 aromatic carbocycles. The number of halogens is 7. The number of nitrogens with zero attached hydrogens (tertiary/aromatic N) is 11. The Kier molecular flexibility index (Phi) is 43.8. The number of fused-ring (bicyclic) bond motifs is 3. The van der Waals surface area contributed by atoms with Crippen LogP contribution < -0.4 is 59.6 Å². The van der Waals surface area contributed by atoms with Gasteiger partial charge < -0.3 is 55.9 Å². The van der Waals surface area contributed by atoms with Gasteiger partial charge in [-0.05, 0) is 219 Å². The van der Waals surface area contributed by atoms with Gasteiger partial charge in [0.2, 0.25) is 5.91 Å². The second kappa shape index (κ2) is 52.4. The quantitative estimate of drug-likeness (QED) is 0.00690. The number of hydrogen-bond donors (Lipinski definition) is 5. The van der Waals surface area contributed by atoms with E-state index in [1.807, 2.05) is 57.3 Å². The van der Waals surface area contributed by atoms with Crippen LogP contribution in [0.1, 0.15) is 72.4 Å². The summed E-state index contributed by atoms with van der Waals surface area (Å²) in [5.74, 6) is 0.104. The molecule has 36 heteroatoms. The summed E-state index contributed by atoms with van der Waals surface area (Å²) in [5, 5.41) is 82.9. The van der Waals surface area contributed by atoms with E-state index in [1.165, 1.54) is 85.1 Å². The minimum Gasteiger partial charge on any atom is -1.00 e. The van der Waals surface area contributed by atoms with Gasteiger partial charge in [0.05, 0.1) is 77.2 Å². The number of aromatic amines is 1. The van der Waals surface area contributed by atoms with Crippen LogP contribution in [0.25, 0.3) is 32.7 Å². The van der Waals surface area contributed by atoms with Gasteiger partial charge in [-0.3, -0.25) is 24.2 Å². The number of benzene rings is 10. The predicted molar refractivity (Wildman–Crippen MR) is 440 cm³/mol. The Hall–Kier alpha value is -14.2. The zero-order chi connectivity index (χ0) is 87.7. The van der Waals surface area contributed by atoms with Crippen LogP contribution in [0.5, 0.6) is 51.7 Å². The number of aliphatic hydroxyl groups is 1. The number of aromatic nitrogens is 6. The first-order chi connectivity index (χ1) is 57.1. The number of phenols is 1. The molecule has 0 aliphatic carbocycles. The molecule has 3 aromatic heterocycles. The number of nitrogen functional groups attached to an aromatic ring is 1. The Morgan fingerprint density at radius 3 is 1.39 bits per heavy atom. The van der Waals surface area contributed by atoms with Crippen molar-refractivity contribution in [2.45, 2.75) is 47.6 Å². The third kappa shape index (κ3) is 32.6. The first-order valence-electron chi connectivity index (χ1n) is 34.8. The first-order valence-corrected chi connectivity index (χ1v) is 35.9. The smallest absolute Gasteiger partial charge is 1.00 e. The number of nitrogens with two attached hydrogens (primary N) is 1. The number of phenolic OH excluding ortho intramolecular Hbond substituents is 1. The van der Waals surface area contributed by atoms with Gasteiger partial charge in [-0.15, -0.1) is 4.91 Å². The molecule has 27 nitrogen and oxygen atoms in total. The molecule has 3 radical (unpaired) electrons. The number of H-pyrrole nitrogens is 1. The van der Waals surface area contributed by atoms with Crippen molar-refractivity contribution in [1.82, 2.24) is 29.8 Å². The number of esters is 2. The number of nitrogens with one attached hydrogen (secondary N) is 2. The molecule has 6 N–H and O–H groups in total. The number of nitriles is 5. The SMILES string of the molecule is CC(=O)n1ncc2cc(Oc3ccc(F)cc3C#N)ccc21.CC(C)CCON=O.CNc1ccc(O)cc1C.CO.COC(=O)CBr.COC(=O)Cn1ncc2cc(Oc3ccc(F)cc3C#N)ccc21.Cc1cc(Oc2ccc(F)cc2C#N)ccc1N.N#Cc1cc(F)ccc1F.N#Cc1cc(F)ccc1Oc1ccc2[nH]ncc2c1.[B].[H-].[Na+]. The molecule has 0 saturated heterocycles. The van der Waals surface area contributed by atoms with E-state index >= 15 is 0 Å². The molecule has 0 aliphatic heterocycles. The molecule has 0 amide bonds. The molecule has 121 heavy (non-hydrogen) atoms. The minimum absolute atomic E-state index is 0. The summed E-state index contributed by atoms with van der Waals surface area (Å²) >= 11 is 2.90. The van der Waals surface area contributed by atoms with Crippen molar-refractivity contribution in [3.8, 4) is 82.1 Å². The van der Waals surface area contributed by atoms with Crippen LogP contribution in [0.15, 0.2) is 206 Å². The Balaban J connectivity index is 0.000000485. The number of rotatable bonds is 16. The van der Waals surface area contributed by atoms with E-state index in [4.69, 9.17) is 61.2 Å². The van der Waals surface area contributed by atoms with Crippen molar-refractivity contribution in [1.29, 1.82) is 26.3 Å². The van der Waals surface area contributed by atoms with Crippen LogP contribution in [0.2, 0.25) is 0 Å². The summed E-state index contributed by atoms with van der Waals surface area (Å²) in [7, 11) is 5.53. The van der Waals surface area contributed by atoms with E-state index in [-0.39, 0.29) is 102 Å². The largest absolute Gasteiger partial charge is 1.00 e. The Morgan fingerprint density at radius 1 is 0.562 bits per heavy atom. The fraction of sp³-hybridized carbons (Fsp3) is 0.165. The van der Waals surface area contributed by atoms with Crippen LogP contribution in [0, 0.1) is 116 Å². The van der Waals surface area contributed by atoms with Gasteiger partial charge in [0, 0.05) is 57.0 Å². The van der Waals surface area contributed by atoms with Crippen molar-refractivity contribution in [3.05, 3.63) is 279 Å². The molecule has 13 rings (SSSR count). The second-order valence-corrected chi connectivity index (χ2v) is 24.8. The molecular formula is C85H76BBrF6N14NaO13. The summed E-state index contributed by atoms with van der Waals surface area (Å²) in [6, 6.07) is 53.0. The number of aromatic hydroxyl groups is 1. The van der Waals surface area contributed by atoms with Gasteiger partial charge in [-0.1, -0.05) is 29.8 Å². The van der Waals surface area contributed by atoms with E-state index < -0.39 is 40.9 Å². The predicted octanol–water partition coefficient (Wildman–Crippen LogP) is 15.5. The minimum atomic E-state index is -0.691. The summed E-state index contributed by atoms with van der Waals surface area (Å²) < 4.78 is 111. The average molecular weight is 1730 g/mol. The number of alkyl halides is 1. The molecular weight excluding hydrogens is 1650 g/mol. The van der Waals surface area contributed by atoms with Crippen molar-refractivity contribution < 1.29 is 115 Å². The molecule has 3 heterocycles. The van der Waals surface area contributed by atoms with Crippen LogP contribution in [0.3, 0.4) is 0 Å². The Labute approximate surface area is 724 Å². The van der Waals surface area contributed by atoms with Gasteiger partial charge in [0.1, 0.15) is 135 Å². The number of hydrogen-bond acceptors (Lipinski definition) is 24. The average Bonchev–Trinajstić information content (AvgIpc) is 1.64. The topological polar surface area (TPSA) is 407 Å². The maximum absolute atomic E-state index is 13.2. The monoisotopic (exact) mass is 1730 g/mol. The van der Waals surface area contributed by atoms with E-state index in [0.29, 0.717) is 64.0 Å². The van der Waals surface area contributed by atoms with Gasteiger partial charge in [-0.25, -0.2) is 31.0 Å². The van der Waals surface area contributed by atoms with E-state index in [1.54, 1.807) is 97.5 Å². The molecule has 0 spiro atoms. The molecule has 0 atom stereocenters. The molecule has 13 aromatic rings. The first kappa shape index (κ1) is 101. The number of carbonyl (C=O) groups excluding carboxylic acids is 3. The van der Waals surface area contributed by atoms with Gasteiger partial charge >= 0.3 is 41.5 Å². The number of aliphatic hydroxyl groups excluding tert-OH is 1. The number of ether oxygens (including phenoxy) is 6. The zero-order valence-electron chi connectivity index (χ0n) is 67.6. The third-order valence-corrected chi connectivity index (χ3v) is 15.9. The van der Waals surface area contributed by atoms with Crippen LogP contribution >= 0.6 is 15.9 Å². The fourth-order valence-corrected chi connectivity index (χ4v) is 9.81. The summed E-state index contributed by atoms with van der Waals surface area (Å²) in [4.78, 5) is 46.2. The third-order valence-electron chi connectivity index (χ3n) is 15.5.